The number of carbonyl (C=O) groups excluding carboxylic acids is 1. The van der Waals surface area contributed by atoms with Crippen LogP contribution < -0.4 is 0 Å². The third kappa shape index (κ3) is 6.04. The topological polar surface area (TPSA) is 70.1 Å². The average Bonchev–Trinajstić information content (AvgIpc) is 2.69. The molecule has 6 nitrogen and oxygen atoms in total. The second kappa shape index (κ2) is 11.0. The van der Waals surface area contributed by atoms with Crippen LogP contribution in [0.5, 0.6) is 0 Å². The number of nitrogens with zero attached hydrogens (tertiary/aromatic N) is 2. The first-order valence-electron chi connectivity index (χ1n) is 9.76. The van der Waals surface area contributed by atoms with Gasteiger partial charge in [0.15, 0.2) is 0 Å². The van der Waals surface area contributed by atoms with Gasteiger partial charge in [-0.25, -0.2) is 0 Å². The van der Waals surface area contributed by atoms with E-state index in [0.717, 1.165) is 49.0 Å². The van der Waals surface area contributed by atoms with Gasteiger partial charge in [-0.2, -0.15) is 0 Å². The Hall–Kier alpha value is -1.92. The molecule has 1 N–H and O–H groups in total. The lowest BCUT2D eigenvalue weighted by Crippen LogP contribution is -2.47. The van der Waals surface area contributed by atoms with Crippen molar-refractivity contribution in [3.63, 3.8) is 0 Å². The number of piperidine rings is 2. The predicted octanol–water partition coefficient (Wildman–Crippen LogP) is 2.87. The van der Waals surface area contributed by atoms with E-state index in [1.807, 2.05) is 29.2 Å². The Balaban J connectivity index is 0.000000817. The van der Waals surface area contributed by atoms with E-state index in [-0.39, 0.29) is 12.4 Å². The zero-order valence-corrected chi connectivity index (χ0v) is 16.5. The molecule has 1 amide bonds. The number of carboxylic acid groups (broad SMARTS) is 1. The summed E-state index contributed by atoms with van der Waals surface area (Å²) in [7, 11) is 3.95. The van der Waals surface area contributed by atoms with Crippen molar-refractivity contribution in [3.05, 3.63) is 35.4 Å². The number of amides is 1. The van der Waals surface area contributed by atoms with E-state index in [2.05, 4.69) is 11.9 Å². The van der Waals surface area contributed by atoms with Crippen molar-refractivity contribution in [2.24, 2.45) is 5.92 Å². The minimum atomic E-state index is -0.250. The van der Waals surface area contributed by atoms with Crippen molar-refractivity contribution >= 4 is 12.4 Å². The molecule has 1 unspecified atom stereocenters. The summed E-state index contributed by atoms with van der Waals surface area (Å²) in [6.07, 6.45) is 6.31. The van der Waals surface area contributed by atoms with Crippen molar-refractivity contribution in [1.29, 1.82) is 0 Å². The number of hydrogen-bond donors (Lipinski definition) is 1. The molecule has 2 aliphatic heterocycles. The minimum absolute atomic E-state index is 0.175. The third-order valence-electron chi connectivity index (χ3n) is 5.71. The first kappa shape index (κ1) is 21.4. The van der Waals surface area contributed by atoms with Crippen molar-refractivity contribution in [3.8, 4) is 0 Å². The van der Waals surface area contributed by atoms with Gasteiger partial charge >= 0.3 is 0 Å². The molecule has 1 aromatic rings. The fraction of sp³-hybridized carbons (Fsp3) is 0.619. The van der Waals surface area contributed by atoms with Gasteiger partial charge in [0.2, 0.25) is 0 Å². The maximum atomic E-state index is 12.7. The zero-order valence-electron chi connectivity index (χ0n) is 16.5. The molecular formula is C21H32N2O4. The van der Waals surface area contributed by atoms with Gasteiger partial charge in [0, 0.05) is 31.8 Å². The molecule has 0 bridgehead atoms. The standard InChI is InChI=1S/C20H30N2O2.CH2O2/c1-21-12-4-3-5-19(21)17-10-13-22(14-11-17)20(23)18-8-6-16(7-9-18)15-24-2;2-1-3/h6-9,17,19H,3-5,10-15H2,1-2H3;1H,(H,2,3). The lowest BCUT2D eigenvalue weighted by molar-refractivity contribution is -0.122. The van der Waals surface area contributed by atoms with Crippen molar-refractivity contribution in [1.82, 2.24) is 9.80 Å². The molecule has 150 valence electrons. The molecule has 2 fully saturated rings. The van der Waals surface area contributed by atoms with Crippen LogP contribution in [0.15, 0.2) is 24.3 Å². The smallest absolute Gasteiger partial charge is 0.290 e. The quantitative estimate of drug-likeness (QED) is 0.819. The maximum absolute atomic E-state index is 12.7. The van der Waals surface area contributed by atoms with E-state index in [1.165, 1.54) is 25.8 Å². The van der Waals surface area contributed by atoms with E-state index in [1.54, 1.807) is 7.11 Å². The molecular weight excluding hydrogens is 344 g/mol. The number of rotatable bonds is 4. The summed E-state index contributed by atoms with van der Waals surface area (Å²) in [5.41, 5.74) is 1.90. The Labute approximate surface area is 162 Å². The first-order valence-corrected chi connectivity index (χ1v) is 9.76. The second-order valence-electron chi connectivity index (χ2n) is 7.41. The molecule has 0 radical (unpaired) electrons. The summed E-state index contributed by atoms with van der Waals surface area (Å²) < 4.78 is 5.12. The molecule has 1 aromatic carbocycles. The molecule has 3 rings (SSSR count). The molecule has 0 aliphatic carbocycles. The zero-order chi connectivity index (χ0) is 19.6. The van der Waals surface area contributed by atoms with Crippen molar-refractivity contribution < 1.29 is 19.4 Å². The number of hydrogen-bond acceptors (Lipinski definition) is 4. The molecule has 6 heteroatoms. The number of methoxy groups -OCH3 is 1. The molecule has 2 aliphatic rings. The summed E-state index contributed by atoms with van der Waals surface area (Å²) in [4.78, 5) is 25.6. The number of ether oxygens (including phenoxy) is 1. The Kier molecular flexibility index (Phi) is 8.75. The van der Waals surface area contributed by atoms with Crippen LogP contribution >= 0.6 is 0 Å². The van der Waals surface area contributed by atoms with Crippen LogP contribution in [0.2, 0.25) is 0 Å². The highest BCUT2D eigenvalue weighted by atomic mass is 16.5. The molecule has 0 saturated carbocycles. The Bertz CT molecular complexity index is 582. The SMILES string of the molecule is COCc1ccc(C(=O)N2CCC(C3CCCCN3C)CC2)cc1.O=CO. The highest BCUT2D eigenvalue weighted by Gasteiger charge is 2.31. The summed E-state index contributed by atoms with van der Waals surface area (Å²) >= 11 is 0. The number of likely N-dealkylation sites (tertiary alicyclic amines) is 2. The first-order chi connectivity index (χ1) is 13.1. The van der Waals surface area contributed by atoms with Crippen LogP contribution in [0.4, 0.5) is 0 Å². The fourth-order valence-corrected chi connectivity index (χ4v) is 4.28. The van der Waals surface area contributed by atoms with E-state index in [4.69, 9.17) is 14.6 Å². The van der Waals surface area contributed by atoms with Gasteiger partial charge in [0.25, 0.3) is 12.4 Å². The largest absolute Gasteiger partial charge is 0.483 e. The highest BCUT2D eigenvalue weighted by Crippen LogP contribution is 2.30. The molecule has 2 saturated heterocycles. The Morgan fingerprint density at radius 3 is 2.33 bits per heavy atom. The lowest BCUT2D eigenvalue weighted by atomic mass is 9.84. The summed E-state index contributed by atoms with van der Waals surface area (Å²) in [5, 5.41) is 6.89. The summed E-state index contributed by atoms with van der Waals surface area (Å²) in [6, 6.07) is 8.56. The van der Waals surface area contributed by atoms with Crippen LogP contribution in [0.3, 0.4) is 0 Å². The molecule has 0 spiro atoms. The van der Waals surface area contributed by atoms with E-state index in [9.17, 15) is 4.79 Å². The summed E-state index contributed by atoms with van der Waals surface area (Å²) in [5.74, 6) is 0.929. The van der Waals surface area contributed by atoms with Gasteiger partial charge in [0.05, 0.1) is 6.61 Å². The van der Waals surface area contributed by atoms with Crippen LogP contribution in [-0.4, -0.2) is 67.1 Å². The maximum Gasteiger partial charge on any atom is 0.290 e. The number of carbonyl (C=O) groups is 2. The van der Waals surface area contributed by atoms with Crippen molar-refractivity contribution in [2.75, 3.05) is 33.8 Å². The monoisotopic (exact) mass is 376 g/mol. The van der Waals surface area contributed by atoms with E-state index >= 15 is 0 Å². The lowest BCUT2D eigenvalue weighted by Gasteiger charge is -2.42. The average molecular weight is 376 g/mol. The van der Waals surface area contributed by atoms with Crippen LogP contribution in [0.25, 0.3) is 0 Å². The van der Waals surface area contributed by atoms with Gasteiger partial charge in [-0.1, -0.05) is 18.6 Å². The second-order valence-corrected chi connectivity index (χ2v) is 7.41. The Morgan fingerprint density at radius 2 is 1.78 bits per heavy atom. The van der Waals surface area contributed by atoms with E-state index in [0.29, 0.717) is 6.61 Å². The fourth-order valence-electron chi connectivity index (χ4n) is 4.28. The number of benzene rings is 1. The normalized spacial score (nSPS) is 21.3. The van der Waals surface area contributed by atoms with Gasteiger partial charge in [-0.3, -0.25) is 9.59 Å². The van der Waals surface area contributed by atoms with E-state index < -0.39 is 0 Å². The molecule has 2 heterocycles. The van der Waals surface area contributed by atoms with Gasteiger partial charge < -0.3 is 19.6 Å². The molecule has 27 heavy (non-hydrogen) atoms. The van der Waals surface area contributed by atoms with Crippen LogP contribution in [0, 0.1) is 5.92 Å². The van der Waals surface area contributed by atoms with Crippen LogP contribution in [0.1, 0.15) is 48.0 Å². The minimum Gasteiger partial charge on any atom is -0.483 e. The van der Waals surface area contributed by atoms with Crippen molar-refractivity contribution in [2.45, 2.75) is 44.8 Å². The van der Waals surface area contributed by atoms with Gasteiger partial charge in [0.1, 0.15) is 0 Å². The summed E-state index contributed by atoms with van der Waals surface area (Å²) in [6.45, 7) is 3.37. The van der Waals surface area contributed by atoms with Crippen LogP contribution in [-0.2, 0) is 16.1 Å². The Morgan fingerprint density at radius 1 is 1.15 bits per heavy atom. The van der Waals surface area contributed by atoms with Gasteiger partial charge in [-0.05, 0) is 62.9 Å². The predicted molar refractivity (Wildman–Crippen MR) is 105 cm³/mol. The van der Waals surface area contributed by atoms with Gasteiger partial charge in [-0.15, -0.1) is 0 Å². The third-order valence-corrected chi connectivity index (χ3v) is 5.71. The molecule has 1 atom stereocenters. The molecule has 0 aromatic heterocycles. The highest BCUT2D eigenvalue weighted by molar-refractivity contribution is 5.94.